The van der Waals surface area contributed by atoms with Crippen LogP contribution < -0.4 is 14.8 Å². The summed E-state index contributed by atoms with van der Waals surface area (Å²) in [6, 6.07) is 6.76. The second-order valence-corrected chi connectivity index (χ2v) is 8.65. The molecule has 0 atom stereocenters. The second kappa shape index (κ2) is 6.92. The predicted octanol–water partition coefficient (Wildman–Crippen LogP) is 3.72. The number of aryl methyl sites for hydroxylation is 2. The van der Waals surface area contributed by atoms with Crippen LogP contribution in [0.1, 0.15) is 31.9 Å². The summed E-state index contributed by atoms with van der Waals surface area (Å²) in [4.78, 5) is 4.48. The molecule has 1 aromatic heterocycles. The maximum atomic E-state index is 12.7. The third-order valence-corrected chi connectivity index (χ3v) is 5.02. The summed E-state index contributed by atoms with van der Waals surface area (Å²) in [5, 5.41) is 3.23. The Hall–Kier alpha value is -2.28. The molecule has 0 aliphatic heterocycles. The van der Waals surface area contributed by atoms with Gasteiger partial charge in [-0.25, -0.2) is 13.4 Å². The monoisotopic (exact) mass is 363 g/mol. The van der Waals surface area contributed by atoms with E-state index < -0.39 is 10.0 Å². The molecule has 0 spiro atoms. The minimum absolute atomic E-state index is 0.119. The van der Waals surface area contributed by atoms with E-state index in [1.54, 1.807) is 38.3 Å². The average Bonchev–Trinajstić information content (AvgIpc) is 2.49. The molecule has 0 saturated heterocycles. The number of anilines is 2. The van der Waals surface area contributed by atoms with Gasteiger partial charge >= 0.3 is 0 Å². The first-order valence-corrected chi connectivity index (χ1v) is 9.42. The van der Waals surface area contributed by atoms with Crippen LogP contribution in [0.15, 0.2) is 35.4 Å². The smallest absolute Gasteiger partial charge is 0.262 e. The van der Waals surface area contributed by atoms with Crippen LogP contribution in [-0.2, 0) is 10.0 Å². The van der Waals surface area contributed by atoms with Crippen LogP contribution in [0.5, 0.6) is 5.75 Å². The van der Waals surface area contributed by atoms with Gasteiger partial charge in [-0.2, -0.15) is 0 Å². The van der Waals surface area contributed by atoms with Crippen molar-refractivity contribution in [2.45, 2.75) is 45.1 Å². The third kappa shape index (κ3) is 4.85. The van der Waals surface area contributed by atoms with E-state index in [0.29, 0.717) is 22.8 Å². The highest BCUT2D eigenvalue weighted by atomic mass is 32.2. The number of sulfonamides is 1. The van der Waals surface area contributed by atoms with E-state index in [0.717, 1.165) is 5.56 Å². The highest BCUT2D eigenvalue weighted by molar-refractivity contribution is 7.92. The third-order valence-electron chi connectivity index (χ3n) is 3.50. The molecule has 0 radical (unpaired) electrons. The summed E-state index contributed by atoms with van der Waals surface area (Å²) >= 11 is 0. The summed E-state index contributed by atoms with van der Waals surface area (Å²) in [6.45, 7) is 9.64. The van der Waals surface area contributed by atoms with Gasteiger partial charge in [-0.3, -0.25) is 4.72 Å². The van der Waals surface area contributed by atoms with E-state index >= 15 is 0 Å². The van der Waals surface area contributed by atoms with Crippen LogP contribution in [0.4, 0.5) is 11.5 Å². The highest BCUT2D eigenvalue weighted by Gasteiger charge is 2.19. The molecule has 0 unspecified atom stereocenters. The van der Waals surface area contributed by atoms with Crippen LogP contribution in [0.3, 0.4) is 0 Å². The molecule has 0 amide bonds. The van der Waals surface area contributed by atoms with E-state index in [-0.39, 0.29) is 10.4 Å². The average molecular weight is 363 g/mol. The van der Waals surface area contributed by atoms with Gasteiger partial charge in [0.2, 0.25) is 0 Å². The summed E-state index contributed by atoms with van der Waals surface area (Å²) < 4.78 is 33.2. The van der Waals surface area contributed by atoms with Gasteiger partial charge in [-0.1, -0.05) is 0 Å². The van der Waals surface area contributed by atoms with Gasteiger partial charge in [0.05, 0.1) is 23.9 Å². The Labute approximate surface area is 149 Å². The van der Waals surface area contributed by atoms with Crippen molar-refractivity contribution in [3.8, 4) is 5.75 Å². The fourth-order valence-corrected chi connectivity index (χ4v) is 3.75. The van der Waals surface area contributed by atoms with Crippen molar-refractivity contribution in [1.82, 2.24) is 4.98 Å². The maximum absolute atomic E-state index is 12.7. The van der Waals surface area contributed by atoms with E-state index in [1.165, 1.54) is 6.20 Å². The fourth-order valence-electron chi connectivity index (χ4n) is 2.40. The normalized spacial score (nSPS) is 11.9. The molecule has 0 bridgehead atoms. The Morgan fingerprint density at radius 1 is 1.08 bits per heavy atom. The first-order valence-electron chi connectivity index (χ1n) is 7.94. The summed E-state index contributed by atoms with van der Waals surface area (Å²) in [5.41, 5.74) is 1.67. The molecule has 0 saturated carbocycles. The molecule has 2 N–H and O–H groups in total. The van der Waals surface area contributed by atoms with Gasteiger partial charge in [0.1, 0.15) is 11.6 Å². The topological polar surface area (TPSA) is 80.3 Å². The first-order chi connectivity index (χ1) is 11.5. The minimum Gasteiger partial charge on any atom is -0.496 e. The van der Waals surface area contributed by atoms with E-state index in [9.17, 15) is 8.42 Å². The number of ether oxygens (including phenoxy) is 1. The standard InChI is InChI=1S/C18H25N3O3S/c1-12-10-16(13(2)9-15(12)24-6)25(22,23)21-14-7-8-17(19-11-14)20-18(3,4)5/h7-11,21H,1-6H3,(H,19,20). The van der Waals surface area contributed by atoms with Crippen molar-refractivity contribution in [2.75, 3.05) is 17.1 Å². The number of hydrogen-bond donors (Lipinski definition) is 2. The SMILES string of the molecule is COc1cc(C)c(S(=O)(=O)Nc2ccc(NC(C)(C)C)nc2)cc1C. The van der Waals surface area contributed by atoms with Gasteiger partial charge in [-0.05, 0) is 70.0 Å². The van der Waals surface area contributed by atoms with Crippen molar-refractivity contribution in [3.05, 3.63) is 41.6 Å². The largest absolute Gasteiger partial charge is 0.496 e. The zero-order valence-corrected chi connectivity index (χ0v) is 16.3. The molecular formula is C18H25N3O3S. The van der Waals surface area contributed by atoms with Crippen LogP contribution in [0.2, 0.25) is 0 Å². The van der Waals surface area contributed by atoms with Crippen molar-refractivity contribution >= 4 is 21.5 Å². The minimum atomic E-state index is -3.71. The Morgan fingerprint density at radius 3 is 2.28 bits per heavy atom. The molecule has 0 aliphatic rings. The number of pyridine rings is 1. The molecular weight excluding hydrogens is 338 g/mol. The number of methoxy groups -OCH3 is 1. The molecule has 25 heavy (non-hydrogen) atoms. The van der Waals surface area contributed by atoms with Crippen molar-refractivity contribution in [1.29, 1.82) is 0 Å². The summed E-state index contributed by atoms with van der Waals surface area (Å²) in [7, 11) is -2.14. The zero-order chi connectivity index (χ0) is 18.8. The van der Waals surface area contributed by atoms with E-state index in [2.05, 4.69) is 15.0 Å². The Kier molecular flexibility index (Phi) is 5.27. The van der Waals surface area contributed by atoms with Gasteiger partial charge < -0.3 is 10.1 Å². The van der Waals surface area contributed by atoms with Gasteiger partial charge in [0, 0.05) is 5.54 Å². The van der Waals surface area contributed by atoms with Crippen LogP contribution in [0, 0.1) is 13.8 Å². The lowest BCUT2D eigenvalue weighted by atomic mass is 10.1. The van der Waals surface area contributed by atoms with E-state index in [1.807, 2.05) is 27.7 Å². The first kappa shape index (κ1) is 19.1. The Balaban J connectivity index is 2.26. The Bertz CT molecular complexity index is 854. The number of rotatable bonds is 5. The molecule has 6 nitrogen and oxygen atoms in total. The molecule has 0 fully saturated rings. The lowest BCUT2D eigenvalue weighted by Crippen LogP contribution is -2.26. The van der Waals surface area contributed by atoms with Crippen LogP contribution in [0.25, 0.3) is 0 Å². The molecule has 2 rings (SSSR count). The van der Waals surface area contributed by atoms with Crippen molar-refractivity contribution in [3.63, 3.8) is 0 Å². The quantitative estimate of drug-likeness (QED) is 0.846. The highest BCUT2D eigenvalue weighted by Crippen LogP contribution is 2.27. The number of aromatic nitrogens is 1. The van der Waals surface area contributed by atoms with Crippen LogP contribution in [-0.4, -0.2) is 26.1 Å². The van der Waals surface area contributed by atoms with Gasteiger partial charge in [0.15, 0.2) is 0 Å². The predicted molar refractivity (Wildman–Crippen MR) is 101 cm³/mol. The Morgan fingerprint density at radius 2 is 1.76 bits per heavy atom. The second-order valence-electron chi connectivity index (χ2n) is 7.00. The number of nitrogens with zero attached hydrogens (tertiary/aromatic N) is 1. The van der Waals surface area contributed by atoms with E-state index in [4.69, 9.17) is 4.74 Å². The van der Waals surface area contributed by atoms with Gasteiger partial charge in [-0.15, -0.1) is 0 Å². The molecule has 0 aliphatic carbocycles. The lowest BCUT2D eigenvalue weighted by molar-refractivity contribution is 0.411. The zero-order valence-electron chi connectivity index (χ0n) is 15.5. The molecule has 2 aromatic rings. The van der Waals surface area contributed by atoms with Gasteiger partial charge in [0.25, 0.3) is 10.0 Å². The van der Waals surface area contributed by atoms with Crippen molar-refractivity contribution in [2.24, 2.45) is 0 Å². The lowest BCUT2D eigenvalue weighted by Gasteiger charge is -2.21. The molecule has 1 aromatic carbocycles. The number of nitrogens with one attached hydrogen (secondary N) is 2. The summed E-state index contributed by atoms with van der Waals surface area (Å²) in [5.74, 6) is 1.35. The number of benzene rings is 1. The molecule has 7 heteroatoms. The molecule has 1 heterocycles. The fraction of sp³-hybridized carbons (Fsp3) is 0.389. The number of hydrogen-bond acceptors (Lipinski definition) is 5. The molecule has 136 valence electrons. The maximum Gasteiger partial charge on any atom is 0.262 e. The van der Waals surface area contributed by atoms with Crippen LogP contribution >= 0.6 is 0 Å². The summed E-state index contributed by atoms with van der Waals surface area (Å²) in [6.07, 6.45) is 1.50. The van der Waals surface area contributed by atoms with Crippen molar-refractivity contribution < 1.29 is 13.2 Å².